The molecule has 0 radical (unpaired) electrons. The molecule has 9 rings (SSSR count). The van der Waals surface area contributed by atoms with Crippen molar-refractivity contribution in [1.82, 2.24) is 9.97 Å². The maximum Gasteiger partial charge on any atom is 0.127 e. The Morgan fingerprint density at radius 1 is 0.571 bits per heavy atom. The molecule has 0 saturated carbocycles. The van der Waals surface area contributed by atoms with Crippen LogP contribution in [0, 0.1) is 0 Å². The number of hydrogen-bond donors (Lipinski definition) is 2. The van der Waals surface area contributed by atoms with E-state index in [4.69, 9.17) is 9.47 Å². The highest BCUT2D eigenvalue weighted by Gasteiger charge is 2.49. The fourth-order valence-corrected chi connectivity index (χ4v) is 7.07. The van der Waals surface area contributed by atoms with E-state index < -0.39 is 0 Å². The van der Waals surface area contributed by atoms with Crippen molar-refractivity contribution >= 4 is 0 Å². The van der Waals surface area contributed by atoms with Crippen LogP contribution in [0.25, 0.3) is 0 Å². The van der Waals surface area contributed by atoms with Crippen LogP contribution in [0.2, 0.25) is 0 Å². The van der Waals surface area contributed by atoms with Gasteiger partial charge in [-0.2, -0.15) is 0 Å². The first-order valence-corrected chi connectivity index (χ1v) is 10.5. The monoisotopic (exact) mass is 372 g/mol. The highest BCUT2D eigenvalue weighted by Crippen LogP contribution is 2.65. The van der Waals surface area contributed by atoms with E-state index in [-0.39, 0.29) is 0 Å². The van der Waals surface area contributed by atoms with Crippen molar-refractivity contribution in [2.75, 3.05) is 14.2 Å². The Balaban J connectivity index is 1.61. The Morgan fingerprint density at radius 3 is 1.11 bits per heavy atom. The molecule has 2 N–H and O–H groups in total. The third-order valence-electron chi connectivity index (χ3n) is 7.97. The first-order valence-electron chi connectivity index (χ1n) is 10.5. The molecule has 0 amide bonds. The first kappa shape index (κ1) is 15.3. The van der Waals surface area contributed by atoms with E-state index in [1.807, 2.05) is 14.2 Å². The minimum atomic E-state index is 0.418. The Kier molecular flexibility index (Phi) is 2.76. The van der Waals surface area contributed by atoms with Gasteiger partial charge in [0.2, 0.25) is 0 Å². The van der Waals surface area contributed by atoms with E-state index >= 15 is 0 Å². The third-order valence-corrected chi connectivity index (χ3v) is 7.97. The molecule has 6 aliphatic carbocycles. The minimum absolute atomic E-state index is 0.418. The van der Waals surface area contributed by atoms with Gasteiger partial charge < -0.3 is 19.4 Å². The average Bonchev–Trinajstić information content (AvgIpc) is 3.43. The van der Waals surface area contributed by atoms with Gasteiger partial charge in [0, 0.05) is 70.7 Å². The zero-order valence-electron chi connectivity index (χ0n) is 16.3. The topological polar surface area (TPSA) is 50.0 Å². The standard InChI is InChI=1S/C24H24N2O2/c1-27-23-19-11-3-5-13(17-9-25-7-15(11)17)21(19)24(28-2)22-14-6-4-12(20(22)23)16-8-26-10-18(14)16/h7-14,25-26H,3-6H2,1-2H3/t11-,12+,13+,14-. The zero-order chi connectivity index (χ0) is 18.6. The molecule has 142 valence electrons. The molecule has 28 heavy (non-hydrogen) atoms. The van der Waals surface area contributed by atoms with Crippen LogP contribution in [-0.2, 0) is 0 Å². The lowest BCUT2D eigenvalue weighted by Crippen LogP contribution is -2.30. The number of H-pyrrole nitrogens is 2. The van der Waals surface area contributed by atoms with Gasteiger partial charge in [-0.25, -0.2) is 0 Å². The second-order valence-electron chi connectivity index (χ2n) is 8.82. The van der Waals surface area contributed by atoms with Gasteiger partial charge in [0.15, 0.2) is 0 Å². The predicted molar refractivity (Wildman–Crippen MR) is 107 cm³/mol. The Bertz CT molecular complexity index is 970. The summed E-state index contributed by atoms with van der Waals surface area (Å²) < 4.78 is 12.4. The van der Waals surface area contributed by atoms with E-state index in [1.165, 1.54) is 70.2 Å². The van der Waals surface area contributed by atoms with Crippen LogP contribution in [-0.4, -0.2) is 24.2 Å². The van der Waals surface area contributed by atoms with Crippen molar-refractivity contribution < 1.29 is 9.47 Å². The Morgan fingerprint density at radius 2 is 0.857 bits per heavy atom. The number of hydrogen-bond acceptors (Lipinski definition) is 2. The molecule has 6 aliphatic rings. The van der Waals surface area contributed by atoms with Gasteiger partial charge in [-0.3, -0.25) is 0 Å². The maximum absolute atomic E-state index is 6.22. The molecule has 1 aromatic carbocycles. The van der Waals surface area contributed by atoms with Crippen LogP contribution in [0.4, 0.5) is 0 Å². The number of aromatic nitrogens is 2. The number of methoxy groups -OCH3 is 2. The van der Waals surface area contributed by atoms with Crippen LogP contribution in [0.15, 0.2) is 24.8 Å². The largest absolute Gasteiger partial charge is 0.496 e. The molecule has 2 heterocycles. The second kappa shape index (κ2) is 5.05. The summed E-state index contributed by atoms with van der Waals surface area (Å²) in [5.74, 6) is 3.97. The van der Waals surface area contributed by atoms with E-state index in [2.05, 4.69) is 34.8 Å². The third kappa shape index (κ3) is 1.53. The fraction of sp³-hybridized carbons (Fsp3) is 0.417. The van der Waals surface area contributed by atoms with Gasteiger partial charge in [-0.1, -0.05) is 0 Å². The van der Waals surface area contributed by atoms with Gasteiger partial charge in [0.25, 0.3) is 0 Å². The average molecular weight is 372 g/mol. The molecular formula is C24H24N2O2. The summed E-state index contributed by atoms with van der Waals surface area (Å²) >= 11 is 0. The number of aromatic amines is 2. The van der Waals surface area contributed by atoms with E-state index in [9.17, 15) is 0 Å². The van der Waals surface area contributed by atoms with Crippen LogP contribution >= 0.6 is 0 Å². The summed E-state index contributed by atoms with van der Waals surface area (Å²) in [5, 5.41) is 0. The molecule has 0 unspecified atom stereocenters. The fourth-order valence-electron chi connectivity index (χ4n) is 7.07. The number of fused-ring (bicyclic) bond motifs is 2. The second-order valence-corrected chi connectivity index (χ2v) is 8.82. The lowest BCUT2D eigenvalue weighted by Gasteiger charge is -2.46. The van der Waals surface area contributed by atoms with E-state index in [0.29, 0.717) is 23.7 Å². The smallest absolute Gasteiger partial charge is 0.127 e. The van der Waals surface area contributed by atoms with Gasteiger partial charge >= 0.3 is 0 Å². The van der Waals surface area contributed by atoms with Gasteiger partial charge in [0.1, 0.15) is 11.5 Å². The van der Waals surface area contributed by atoms with Crippen LogP contribution < -0.4 is 9.47 Å². The molecule has 0 spiro atoms. The number of benzene rings is 1. The molecule has 0 saturated heterocycles. The molecule has 0 fully saturated rings. The lowest BCUT2D eigenvalue weighted by atomic mass is 9.58. The molecule has 4 atom stereocenters. The van der Waals surface area contributed by atoms with Crippen LogP contribution in [0.3, 0.4) is 0 Å². The summed E-state index contributed by atoms with van der Waals surface area (Å²) in [7, 11) is 3.73. The normalized spacial score (nSPS) is 27.8. The SMILES string of the molecule is COc1c2c(c(OC)c3c1[C@H]1CC[C@@H]3c3c[nH]cc31)[C@H]1CC[C@@H]2c2c[nH]cc21. The quantitative estimate of drug-likeness (QED) is 0.657. The van der Waals surface area contributed by atoms with Crippen LogP contribution in [0.5, 0.6) is 11.5 Å². The Hall–Kier alpha value is -2.62. The minimum Gasteiger partial charge on any atom is -0.496 e. The highest BCUT2D eigenvalue weighted by molar-refractivity contribution is 5.73. The van der Waals surface area contributed by atoms with E-state index in [1.54, 1.807) is 0 Å². The number of ether oxygens (including phenoxy) is 2. The van der Waals surface area contributed by atoms with E-state index in [0.717, 1.165) is 11.5 Å². The highest BCUT2D eigenvalue weighted by atomic mass is 16.5. The summed E-state index contributed by atoms with van der Waals surface area (Å²) in [5.41, 5.74) is 11.5. The summed E-state index contributed by atoms with van der Waals surface area (Å²) in [6.07, 6.45) is 13.6. The van der Waals surface area contributed by atoms with Crippen molar-refractivity contribution in [2.45, 2.75) is 49.4 Å². The number of rotatable bonds is 2. The molecule has 2 aromatic heterocycles. The van der Waals surface area contributed by atoms with Crippen molar-refractivity contribution in [1.29, 1.82) is 0 Å². The van der Waals surface area contributed by atoms with Crippen molar-refractivity contribution in [3.63, 3.8) is 0 Å². The predicted octanol–water partition coefficient (Wildman–Crippen LogP) is 5.10. The van der Waals surface area contributed by atoms with Crippen molar-refractivity contribution in [2.24, 2.45) is 0 Å². The molecular weight excluding hydrogens is 348 g/mol. The number of nitrogens with one attached hydrogen (secondary N) is 2. The maximum atomic E-state index is 6.22. The summed E-state index contributed by atoms with van der Waals surface area (Å²) in [4.78, 5) is 6.75. The zero-order valence-corrected chi connectivity index (χ0v) is 16.3. The summed E-state index contributed by atoms with van der Waals surface area (Å²) in [6, 6.07) is 0. The molecule has 0 aliphatic heterocycles. The van der Waals surface area contributed by atoms with Gasteiger partial charge in [-0.05, 0) is 47.9 Å². The molecule has 4 heteroatoms. The van der Waals surface area contributed by atoms with Gasteiger partial charge in [0.05, 0.1) is 14.2 Å². The Labute approximate surface area is 164 Å². The van der Waals surface area contributed by atoms with Crippen LogP contribution in [0.1, 0.15) is 93.9 Å². The molecule has 3 aromatic rings. The van der Waals surface area contributed by atoms with Crippen molar-refractivity contribution in [3.05, 3.63) is 69.3 Å². The van der Waals surface area contributed by atoms with Gasteiger partial charge in [-0.15, -0.1) is 0 Å². The first-order chi connectivity index (χ1) is 13.8. The molecule has 4 nitrogen and oxygen atoms in total. The van der Waals surface area contributed by atoms with Crippen molar-refractivity contribution in [3.8, 4) is 11.5 Å². The summed E-state index contributed by atoms with van der Waals surface area (Å²) in [6.45, 7) is 0. The lowest BCUT2D eigenvalue weighted by molar-refractivity contribution is 0.351. The molecule has 4 bridgehead atoms.